The average molecular weight is 299 g/mol. The number of rotatable bonds is 3. The number of aromatic nitrogens is 1. The minimum absolute atomic E-state index is 0.329. The number of hydrogen-bond acceptors (Lipinski definition) is 6. The SMILES string of the molecule is C=CCNc1nc2c(s1)CC(N)CC2.O=C(O)C(=O)O. The molecule has 1 unspecified atom stereocenters. The first-order valence-electron chi connectivity index (χ1n) is 5.99. The van der Waals surface area contributed by atoms with Crippen LogP contribution in [-0.2, 0) is 22.4 Å². The van der Waals surface area contributed by atoms with Crippen molar-refractivity contribution in [1.29, 1.82) is 0 Å². The van der Waals surface area contributed by atoms with Gasteiger partial charge < -0.3 is 21.3 Å². The highest BCUT2D eigenvalue weighted by Gasteiger charge is 2.19. The molecule has 0 fully saturated rings. The number of carboxylic acids is 2. The summed E-state index contributed by atoms with van der Waals surface area (Å²) in [5.74, 6) is -3.65. The first kappa shape index (κ1) is 16.1. The van der Waals surface area contributed by atoms with E-state index in [1.807, 2.05) is 6.08 Å². The Hall–Kier alpha value is -1.93. The van der Waals surface area contributed by atoms with Crippen LogP contribution >= 0.6 is 11.3 Å². The lowest BCUT2D eigenvalue weighted by Gasteiger charge is -2.15. The van der Waals surface area contributed by atoms with Crippen LogP contribution in [0, 0.1) is 0 Å². The van der Waals surface area contributed by atoms with E-state index in [1.54, 1.807) is 11.3 Å². The molecule has 8 heteroatoms. The maximum atomic E-state index is 9.10. The van der Waals surface area contributed by atoms with E-state index in [4.69, 9.17) is 25.5 Å². The molecule has 0 aliphatic heterocycles. The molecule has 0 spiro atoms. The fourth-order valence-electron chi connectivity index (χ4n) is 1.64. The Kier molecular flexibility index (Phi) is 6.13. The van der Waals surface area contributed by atoms with Crippen LogP contribution < -0.4 is 11.1 Å². The minimum atomic E-state index is -1.82. The molecule has 2 rings (SSSR count). The van der Waals surface area contributed by atoms with Crippen molar-refractivity contribution in [3.05, 3.63) is 23.2 Å². The number of fused-ring (bicyclic) bond motifs is 1. The summed E-state index contributed by atoms with van der Waals surface area (Å²) in [5, 5.41) is 19.0. The van der Waals surface area contributed by atoms with Crippen molar-refractivity contribution in [3.63, 3.8) is 0 Å². The van der Waals surface area contributed by atoms with Gasteiger partial charge in [-0.15, -0.1) is 17.9 Å². The lowest BCUT2D eigenvalue weighted by atomic mass is 9.99. The quantitative estimate of drug-likeness (QED) is 0.478. The second kappa shape index (κ2) is 7.61. The molecule has 1 aliphatic carbocycles. The van der Waals surface area contributed by atoms with E-state index >= 15 is 0 Å². The first-order chi connectivity index (χ1) is 9.43. The summed E-state index contributed by atoms with van der Waals surface area (Å²) in [6.07, 6.45) is 4.93. The molecule has 0 saturated carbocycles. The third-order valence-corrected chi connectivity index (χ3v) is 3.64. The number of nitrogens with two attached hydrogens (primary N) is 1. The topological polar surface area (TPSA) is 126 Å². The number of aliphatic carboxylic acids is 2. The molecule has 7 nitrogen and oxygen atoms in total. The molecule has 1 aromatic rings. The van der Waals surface area contributed by atoms with Gasteiger partial charge in [0, 0.05) is 17.5 Å². The van der Waals surface area contributed by atoms with Crippen molar-refractivity contribution < 1.29 is 19.8 Å². The third kappa shape index (κ3) is 4.98. The lowest BCUT2D eigenvalue weighted by molar-refractivity contribution is -0.159. The molecule has 1 aromatic heterocycles. The second-order valence-corrected chi connectivity index (χ2v) is 5.26. The molecular weight excluding hydrogens is 282 g/mol. The highest BCUT2D eigenvalue weighted by molar-refractivity contribution is 7.15. The molecule has 0 radical (unpaired) electrons. The molecule has 1 aliphatic rings. The Balaban J connectivity index is 0.000000286. The smallest absolute Gasteiger partial charge is 0.414 e. The largest absolute Gasteiger partial charge is 0.473 e. The van der Waals surface area contributed by atoms with Crippen molar-refractivity contribution >= 4 is 28.4 Å². The Labute approximate surface area is 120 Å². The summed E-state index contributed by atoms with van der Waals surface area (Å²) in [6, 6.07) is 0.329. The van der Waals surface area contributed by atoms with Crippen LogP contribution in [0.4, 0.5) is 5.13 Å². The number of nitrogens with one attached hydrogen (secondary N) is 1. The molecule has 0 amide bonds. The van der Waals surface area contributed by atoms with E-state index in [1.165, 1.54) is 10.6 Å². The van der Waals surface area contributed by atoms with Gasteiger partial charge >= 0.3 is 11.9 Å². The zero-order valence-electron chi connectivity index (χ0n) is 10.8. The number of nitrogens with zero attached hydrogens (tertiary/aromatic N) is 1. The number of thiazole rings is 1. The van der Waals surface area contributed by atoms with Crippen molar-refractivity contribution in [3.8, 4) is 0 Å². The van der Waals surface area contributed by atoms with Crippen LogP contribution in [0.5, 0.6) is 0 Å². The van der Waals surface area contributed by atoms with E-state index in [-0.39, 0.29) is 0 Å². The average Bonchev–Trinajstić information content (AvgIpc) is 2.78. The van der Waals surface area contributed by atoms with Gasteiger partial charge in [-0.25, -0.2) is 14.6 Å². The normalized spacial score (nSPS) is 16.4. The van der Waals surface area contributed by atoms with Gasteiger partial charge in [-0.3, -0.25) is 0 Å². The van der Waals surface area contributed by atoms with Crippen molar-refractivity contribution in [2.24, 2.45) is 5.73 Å². The summed E-state index contributed by atoms with van der Waals surface area (Å²) in [6.45, 7) is 4.44. The van der Waals surface area contributed by atoms with Crippen LogP contribution in [0.1, 0.15) is 17.0 Å². The highest BCUT2D eigenvalue weighted by Crippen LogP contribution is 2.28. The number of aryl methyl sites for hydroxylation is 1. The standard InChI is InChI=1S/C10H15N3S.C2H2O4/c1-2-5-12-10-13-8-4-3-7(11)6-9(8)14-10;3-1(4)2(5)6/h2,7H,1,3-6,11H2,(H,12,13);(H,3,4)(H,5,6). The number of anilines is 1. The van der Waals surface area contributed by atoms with Crippen LogP contribution in [0.2, 0.25) is 0 Å². The molecule has 5 N–H and O–H groups in total. The number of carbonyl (C=O) groups is 2. The van der Waals surface area contributed by atoms with Crippen LogP contribution in [0.15, 0.2) is 12.7 Å². The Morgan fingerprint density at radius 3 is 2.70 bits per heavy atom. The fourth-order valence-corrected chi connectivity index (χ4v) is 2.74. The maximum Gasteiger partial charge on any atom is 0.414 e. The number of carboxylic acid groups (broad SMARTS) is 2. The summed E-state index contributed by atoms with van der Waals surface area (Å²) in [4.78, 5) is 24.1. The van der Waals surface area contributed by atoms with Gasteiger partial charge in [0.05, 0.1) is 5.69 Å². The van der Waals surface area contributed by atoms with E-state index in [0.717, 1.165) is 30.9 Å². The zero-order valence-corrected chi connectivity index (χ0v) is 11.7. The molecule has 1 atom stereocenters. The van der Waals surface area contributed by atoms with Gasteiger partial charge in [0.2, 0.25) is 0 Å². The van der Waals surface area contributed by atoms with Crippen LogP contribution in [0.3, 0.4) is 0 Å². The van der Waals surface area contributed by atoms with Gasteiger partial charge in [-0.2, -0.15) is 0 Å². The van der Waals surface area contributed by atoms with Crippen LogP contribution in [0.25, 0.3) is 0 Å². The monoisotopic (exact) mass is 299 g/mol. The van der Waals surface area contributed by atoms with Gasteiger partial charge in [0.25, 0.3) is 0 Å². The van der Waals surface area contributed by atoms with Crippen molar-refractivity contribution in [2.75, 3.05) is 11.9 Å². The summed E-state index contributed by atoms with van der Waals surface area (Å²) in [5.41, 5.74) is 7.14. The van der Waals surface area contributed by atoms with Crippen molar-refractivity contribution in [1.82, 2.24) is 4.98 Å². The molecule has 0 aromatic carbocycles. The molecule has 1 heterocycles. The van der Waals surface area contributed by atoms with E-state index in [9.17, 15) is 0 Å². The summed E-state index contributed by atoms with van der Waals surface area (Å²) in [7, 11) is 0. The predicted molar refractivity (Wildman–Crippen MR) is 76.1 cm³/mol. The van der Waals surface area contributed by atoms with Gasteiger partial charge in [0.15, 0.2) is 5.13 Å². The Morgan fingerprint density at radius 1 is 1.50 bits per heavy atom. The molecule has 0 saturated heterocycles. The molecule has 0 bridgehead atoms. The first-order valence-corrected chi connectivity index (χ1v) is 6.80. The predicted octanol–water partition coefficient (Wildman–Crippen LogP) is 0.713. The second-order valence-electron chi connectivity index (χ2n) is 4.17. The lowest BCUT2D eigenvalue weighted by Crippen LogP contribution is -2.26. The summed E-state index contributed by atoms with van der Waals surface area (Å²) >= 11 is 1.73. The van der Waals surface area contributed by atoms with Gasteiger partial charge in [-0.1, -0.05) is 6.08 Å². The van der Waals surface area contributed by atoms with E-state index in [0.29, 0.717) is 6.04 Å². The molecular formula is C12H17N3O4S. The molecule has 20 heavy (non-hydrogen) atoms. The van der Waals surface area contributed by atoms with Crippen LogP contribution in [-0.4, -0.2) is 39.7 Å². The molecule has 110 valence electrons. The Bertz CT molecular complexity index is 489. The number of hydrogen-bond donors (Lipinski definition) is 4. The van der Waals surface area contributed by atoms with Crippen molar-refractivity contribution in [2.45, 2.75) is 25.3 Å². The maximum absolute atomic E-state index is 9.10. The van der Waals surface area contributed by atoms with E-state index in [2.05, 4.69) is 16.9 Å². The Morgan fingerprint density at radius 2 is 2.15 bits per heavy atom. The fraction of sp³-hybridized carbons (Fsp3) is 0.417. The third-order valence-electron chi connectivity index (χ3n) is 2.56. The highest BCUT2D eigenvalue weighted by atomic mass is 32.1. The minimum Gasteiger partial charge on any atom is -0.473 e. The van der Waals surface area contributed by atoms with E-state index < -0.39 is 11.9 Å². The van der Waals surface area contributed by atoms with Gasteiger partial charge in [-0.05, 0) is 19.3 Å². The summed E-state index contributed by atoms with van der Waals surface area (Å²) < 4.78 is 0. The van der Waals surface area contributed by atoms with Gasteiger partial charge in [0.1, 0.15) is 0 Å². The zero-order chi connectivity index (χ0) is 15.1.